The highest BCUT2D eigenvalue weighted by molar-refractivity contribution is 5.17. The van der Waals surface area contributed by atoms with Crippen LogP contribution in [0.15, 0.2) is 24.3 Å². The molecule has 0 bridgehead atoms. The number of benzene rings is 1. The summed E-state index contributed by atoms with van der Waals surface area (Å²) in [5.41, 5.74) is 0.852. The fourth-order valence-electron chi connectivity index (χ4n) is 3.88. The molecule has 21 heavy (non-hydrogen) atoms. The summed E-state index contributed by atoms with van der Waals surface area (Å²) in [7, 11) is 0. The number of halogens is 1. The van der Waals surface area contributed by atoms with E-state index < -0.39 is 0 Å². The van der Waals surface area contributed by atoms with E-state index in [9.17, 15) is 4.39 Å². The van der Waals surface area contributed by atoms with E-state index in [0.717, 1.165) is 44.1 Å². The zero-order valence-electron chi connectivity index (χ0n) is 12.9. The van der Waals surface area contributed by atoms with Gasteiger partial charge in [0.2, 0.25) is 0 Å². The van der Waals surface area contributed by atoms with Gasteiger partial charge in [0.15, 0.2) is 0 Å². The summed E-state index contributed by atoms with van der Waals surface area (Å²) in [5.74, 6) is 0.798. The highest BCUT2D eigenvalue weighted by Gasteiger charge is 2.27. The van der Waals surface area contributed by atoms with Crippen molar-refractivity contribution in [2.75, 3.05) is 26.2 Å². The Morgan fingerprint density at radius 3 is 2.76 bits per heavy atom. The van der Waals surface area contributed by atoms with E-state index in [1.54, 1.807) is 12.1 Å². The smallest absolute Gasteiger partial charge is 0.126 e. The van der Waals surface area contributed by atoms with Gasteiger partial charge < -0.3 is 10.2 Å². The Hall–Kier alpha value is -0.930. The largest absolute Gasteiger partial charge is 0.311 e. The first kappa shape index (κ1) is 15.0. The van der Waals surface area contributed by atoms with E-state index in [-0.39, 0.29) is 5.82 Å². The van der Waals surface area contributed by atoms with Crippen molar-refractivity contribution >= 4 is 0 Å². The molecule has 1 atom stereocenters. The molecule has 2 aliphatic rings. The highest BCUT2D eigenvalue weighted by Crippen LogP contribution is 2.27. The van der Waals surface area contributed by atoms with Gasteiger partial charge in [-0.2, -0.15) is 0 Å². The van der Waals surface area contributed by atoms with Crippen molar-refractivity contribution < 1.29 is 4.39 Å². The summed E-state index contributed by atoms with van der Waals surface area (Å²) in [5, 5.41) is 3.71. The second-order valence-corrected chi connectivity index (χ2v) is 6.60. The average molecular weight is 290 g/mol. The zero-order chi connectivity index (χ0) is 14.5. The molecule has 2 nitrogen and oxygen atoms in total. The molecule has 1 aromatic rings. The summed E-state index contributed by atoms with van der Waals surface area (Å²) in [6.07, 6.45) is 7.82. The van der Waals surface area contributed by atoms with Crippen LogP contribution in [0.3, 0.4) is 0 Å². The lowest BCUT2D eigenvalue weighted by atomic mass is 9.83. The predicted octanol–water partition coefficient (Wildman–Crippen LogP) is 3.22. The van der Waals surface area contributed by atoms with Gasteiger partial charge in [0.1, 0.15) is 5.82 Å². The quantitative estimate of drug-likeness (QED) is 0.916. The molecule has 1 aliphatic heterocycles. The van der Waals surface area contributed by atoms with Crippen LogP contribution in [-0.2, 0) is 6.42 Å². The topological polar surface area (TPSA) is 15.3 Å². The molecule has 1 saturated carbocycles. The first-order valence-electron chi connectivity index (χ1n) is 8.52. The summed E-state index contributed by atoms with van der Waals surface area (Å²) in [4.78, 5) is 2.52. The fourth-order valence-corrected chi connectivity index (χ4v) is 3.88. The highest BCUT2D eigenvalue weighted by atomic mass is 19.1. The van der Waals surface area contributed by atoms with Crippen LogP contribution in [0.4, 0.5) is 4.39 Å². The Bertz CT molecular complexity index is 443. The Kier molecular flexibility index (Phi) is 5.26. The molecule has 1 saturated heterocycles. The van der Waals surface area contributed by atoms with E-state index >= 15 is 0 Å². The molecular formula is C18H27FN2. The molecule has 1 aliphatic carbocycles. The fraction of sp³-hybridized carbons (Fsp3) is 0.667. The molecule has 2 fully saturated rings. The third kappa shape index (κ3) is 4.04. The first-order chi connectivity index (χ1) is 10.3. The van der Waals surface area contributed by atoms with Crippen molar-refractivity contribution in [3.63, 3.8) is 0 Å². The van der Waals surface area contributed by atoms with E-state index in [0.29, 0.717) is 6.04 Å². The van der Waals surface area contributed by atoms with E-state index in [2.05, 4.69) is 10.2 Å². The molecule has 116 valence electrons. The number of piperazine rings is 1. The molecule has 3 heteroatoms. The molecule has 0 aromatic heterocycles. The molecule has 1 N–H and O–H groups in total. The van der Waals surface area contributed by atoms with E-state index in [1.807, 2.05) is 12.1 Å². The van der Waals surface area contributed by atoms with E-state index in [4.69, 9.17) is 0 Å². The Labute approximate surface area is 127 Å². The zero-order valence-corrected chi connectivity index (χ0v) is 12.9. The van der Waals surface area contributed by atoms with Crippen molar-refractivity contribution in [2.24, 2.45) is 5.92 Å². The average Bonchev–Trinajstić information content (AvgIpc) is 2.55. The van der Waals surface area contributed by atoms with Crippen molar-refractivity contribution in [3.8, 4) is 0 Å². The monoisotopic (exact) mass is 290 g/mol. The second-order valence-electron chi connectivity index (χ2n) is 6.60. The van der Waals surface area contributed by atoms with Gasteiger partial charge in [0.25, 0.3) is 0 Å². The Balaban J connectivity index is 1.50. The molecule has 0 radical (unpaired) electrons. The van der Waals surface area contributed by atoms with Crippen LogP contribution in [0, 0.1) is 11.7 Å². The molecule has 3 rings (SSSR count). The summed E-state index contributed by atoms with van der Waals surface area (Å²) in [6.45, 7) is 4.29. The second kappa shape index (κ2) is 7.37. The van der Waals surface area contributed by atoms with Crippen molar-refractivity contribution in [1.29, 1.82) is 0 Å². The normalized spacial score (nSPS) is 25.1. The predicted molar refractivity (Wildman–Crippen MR) is 84.9 cm³/mol. The van der Waals surface area contributed by atoms with Gasteiger partial charge >= 0.3 is 0 Å². The number of hydrogen-bond acceptors (Lipinski definition) is 2. The minimum absolute atomic E-state index is 0.0588. The third-order valence-electron chi connectivity index (χ3n) is 5.16. The SMILES string of the molecule is Fc1ccccc1CCN1CCNC(C2CCCCC2)C1. The molecule has 0 amide bonds. The number of nitrogens with one attached hydrogen (secondary N) is 1. The van der Waals surface area contributed by atoms with Gasteiger partial charge in [-0.1, -0.05) is 37.5 Å². The number of hydrogen-bond donors (Lipinski definition) is 1. The maximum atomic E-state index is 13.7. The standard InChI is InChI=1S/C18H27FN2/c19-17-9-5-4-6-15(17)10-12-21-13-11-20-18(14-21)16-7-2-1-3-8-16/h4-6,9,16,18,20H,1-3,7-8,10-14H2. The van der Waals surface area contributed by atoms with Gasteiger partial charge in [-0.05, 0) is 36.8 Å². The third-order valence-corrected chi connectivity index (χ3v) is 5.16. The lowest BCUT2D eigenvalue weighted by Gasteiger charge is -2.39. The van der Waals surface area contributed by atoms with Crippen LogP contribution in [-0.4, -0.2) is 37.1 Å². The number of nitrogens with zero attached hydrogens (tertiary/aromatic N) is 1. The summed E-state index contributed by atoms with van der Waals surface area (Å²) < 4.78 is 13.7. The Morgan fingerprint density at radius 1 is 1.14 bits per heavy atom. The van der Waals surface area contributed by atoms with Crippen molar-refractivity contribution in [2.45, 2.75) is 44.6 Å². The van der Waals surface area contributed by atoms with Crippen LogP contribution >= 0.6 is 0 Å². The van der Waals surface area contributed by atoms with Gasteiger partial charge in [0.05, 0.1) is 0 Å². The van der Waals surface area contributed by atoms with E-state index in [1.165, 1.54) is 32.1 Å². The molecule has 0 spiro atoms. The Morgan fingerprint density at radius 2 is 1.95 bits per heavy atom. The molecule has 1 heterocycles. The van der Waals surface area contributed by atoms with Gasteiger partial charge in [-0.3, -0.25) is 0 Å². The minimum atomic E-state index is -0.0588. The summed E-state index contributed by atoms with van der Waals surface area (Å²) >= 11 is 0. The summed E-state index contributed by atoms with van der Waals surface area (Å²) in [6, 6.07) is 7.83. The minimum Gasteiger partial charge on any atom is -0.311 e. The molecule has 1 aromatic carbocycles. The maximum Gasteiger partial charge on any atom is 0.126 e. The lowest BCUT2D eigenvalue weighted by molar-refractivity contribution is 0.147. The lowest BCUT2D eigenvalue weighted by Crippen LogP contribution is -2.54. The van der Waals surface area contributed by atoms with Gasteiger partial charge in [0, 0.05) is 32.2 Å². The maximum absolute atomic E-state index is 13.7. The van der Waals surface area contributed by atoms with Crippen LogP contribution in [0.2, 0.25) is 0 Å². The molecular weight excluding hydrogens is 263 g/mol. The van der Waals surface area contributed by atoms with Crippen molar-refractivity contribution in [1.82, 2.24) is 10.2 Å². The van der Waals surface area contributed by atoms with Crippen LogP contribution in [0.5, 0.6) is 0 Å². The number of rotatable bonds is 4. The van der Waals surface area contributed by atoms with Gasteiger partial charge in [-0.15, -0.1) is 0 Å². The van der Waals surface area contributed by atoms with Crippen LogP contribution in [0.1, 0.15) is 37.7 Å². The van der Waals surface area contributed by atoms with Crippen molar-refractivity contribution in [3.05, 3.63) is 35.6 Å². The van der Waals surface area contributed by atoms with Crippen LogP contribution in [0.25, 0.3) is 0 Å². The van der Waals surface area contributed by atoms with Gasteiger partial charge in [-0.25, -0.2) is 4.39 Å². The molecule has 1 unspecified atom stereocenters. The first-order valence-corrected chi connectivity index (χ1v) is 8.52. The van der Waals surface area contributed by atoms with Crippen LogP contribution < -0.4 is 5.32 Å².